The van der Waals surface area contributed by atoms with Crippen molar-refractivity contribution in [2.45, 2.75) is 24.6 Å². The SMILES string of the molecule is CC(C)([S+]=O)[C@@H](N)C(=O)O. The fourth-order valence-corrected chi connectivity index (χ4v) is 0.554. The highest BCUT2D eigenvalue weighted by Crippen LogP contribution is 2.09. The summed E-state index contributed by atoms with van der Waals surface area (Å²) < 4.78 is 9.33. The Kier molecular flexibility index (Phi) is 2.86. The van der Waals surface area contributed by atoms with E-state index in [1.807, 2.05) is 0 Å². The minimum absolute atomic E-state index is 0.208. The van der Waals surface area contributed by atoms with E-state index in [-0.39, 0.29) is 11.7 Å². The van der Waals surface area contributed by atoms with Crippen molar-refractivity contribution in [3.63, 3.8) is 0 Å². The average molecular weight is 164 g/mol. The predicted molar refractivity (Wildman–Crippen MR) is 37.7 cm³/mol. The molecule has 5 heteroatoms. The molecular formula is C5H10NO3S+. The Balaban J connectivity index is 4.31. The molecule has 0 unspecified atom stereocenters. The number of hydrogen-bond donors (Lipinski definition) is 2. The lowest BCUT2D eigenvalue weighted by molar-refractivity contribution is -0.139. The van der Waals surface area contributed by atoms with Crippen molar-refractivity contribution in [1.82, 2.24) is 0 Å². The molecular weight excluding hydrogens is 154 g/mol. The van der Waals surface area contributed by atoms with Crippen LogP contribution < -0.4 is 5.73 Å². The minimum Gasteiger partial charge on any atom is -0.480 e. The highest BCUT2D eigenvalue weighted by atomic mass is 32.1. The number of aliphatic carboxylic acids is 1. The molecule has 0 fully saturated rings. The van der Waals surface area contributed by atoms with E-state index in [0.717, 1.165) is 0 Å². The van der Waals surface area contributed by atoms with Crippen molar-refractivity contribution in [2.75, 3.05) is 0 Å². The molecule has 0 radical (unpaired) electrons. The summed E-state index contributed by atoms with van der Waals surface area (Å²) in [5.41, 5.74) is 5.18. The lowest BCUT2D eigenvalue weighted by atomic mass is 10.1. The Morgan fingerprint density at radius 3 is 2.20 bits per heavy atom. The summed E-state index contributed by atoms with van der Waals surface area (Å²) in [5.74, 6) is -1.15. The third-order valence-electron chi connectivity index (χ3n) is 1.23. The number of carboxylic acids is 1. The van der Waals surface area contributed by atoms with Crippen LogP contribution in [0, 0.1) is 0 Å². The van der Waals surface area contributed by atoms with Crippen LogP contribution in [-0.2, 0) is 20.7 Å². The van der Waals surface area contributed by atoms with Crippen molar-refractivity contribution in [3.05, 3.63) is 0 Å². The van der Waals surface area contributed by atoms with Crippen LogP contribution >= 0.6 is 0 Å². The first kappa shape index (κ1) is 9.45. The second-order valence-electron chi connectivity index (χ2n) is 2.50. The van der Waals surface area contributed by atoms with E-state index in [1.165, 1.54) is 13.8 Å². The van der Waals surface area contributed by atoms with Gasteiger partial charge in [-0.3, -0.25) is 4.79 Å². The largest absolute Gasteiger partial charge is 0.480 e. The van der Waals surface area contributed by atoms with E-state index in [0.29, 0.717) is 0 Å². The molecule has 0 spiro atoms. The van der Waals surface area contributed by atoms with E-state index in [4.69, 9.17) is 10.8 Å². The van der Waals surface area contributed by atoms with Gasteiger partial charge in [0.05, 0.1) is 0 Å². The maximum absolute atomic E-state index is 10.3. The average Bonchev–Trinajstić information content (AvgIpc) is 1.86. The van der Waals surface area contributed by atoms with Crippen molar-refractivity contribution < 1.29 is 14.1 Å². The molecule has 3 N–H and O–H groups in total. The monoisotopic (exact) mass is 164 g/mol. The highest BCUT2D eigenvalue weighted by Gasteiger charge is 2.44. The van der Waals surface area contributed by atoms with Gasteiger partial charge in [0, 0.05) is 18.1 Å². The van der Waals surface area contributed by atoms with Crippen molar-refractivity contribution in [1.29, 1.82) is 0 Å². The first-order chi connectivity index (χ1) is 4.41. The summed E-state index contributed by atoms with van der Waals surface area (Å²) in [6, 6.07) is -1.10. The van der Waals surface area contributed by atoms with Crippen LogP contribution in [0.4, 0.5) is 0 Å². The molecule has 0 aromatic heterocycles. The van der Waals surface area contributed by atoms with Crippen LogP contribution in [0.2, 0.25) is 0 Å². The Labute approximate surface area is 62.9 Å². The van der Waals surface area contributed by atoms with Gasteiger partial charge >= 0.3 is 17.6 Å². The Hall–Kier alpha value is -0.550. The molecule has 0 bridgehead atoms. The molecule has 0 rings (SSSR count). The summed E-state index contributed by atoms with van der Waals surface area (Å²) in [5, 5.41) is 8.37. The fraction of sp³-hybridized carbons (Fsp3) is 0.800. The molecule has 58 valence electrons. The van der Waals surface area contributed by atoms with Crippen LogP contribution in [-0.4, -0.2) is 21.9 Å². The highest BCUT2D eigenvalue weighted by molar-refractivity contribution is 7.67. The maximum Gasteiger partial charge on any atom is 0.467 e. The van der Waals surface area contributed by atoms with Crippen molar-refractivity contribution in [3.8, 4) is 0 Å². The summed E-state index contributed by atoms with van der Waals surface area (Å²) in [4.78, 5) is 10.2. The number of nitrogens with two attached hydrogens (primary N) is 1. The summed E-state index contributed by atoms with van der Waals surface area (Å²) >= 11 is 0.208. The Morgan fingerprint density at radius 1 is 1.70 bits per heavy atom. The standard InChI is InChI=1S/C5H9NO3S/c1-5(2,10-9)3(6)4(7)8/h3H,6H2,1-2H3/p+1/t3-/m0/s1. The van der Waals surface area contributed by atoms with Gasteiger partial charge in [-0.25, -0.2) is 0 Å². The first-order valence-corrected chi connectivity index (χ1v) is 3.45. The van der Waals surface area contributed by atoms with Crippen molar-refractivity contribution >= 4 is 17.6 Å². The van der Waals surface area contributed by atoms with Gasteiger partial charge in [-0.1, -0.05) is 0 Å². The minimum atomic E-state index is -1.15. The molecule has 0 aliphatic rings. The van der Waals surface area contributed by atoms with Crippen LogP contribution in [0.1, 0.15) is 13.8 Å². The molecule has 0 aromatic carbocycles. The molecule has 0 aromatic rings. The van der Waals surface area contributed by atoms with Gasteiger partial charge < -0.3 is 10.8 Å². The number of hydrogen-bond acceptors (Lipinski definition) is 3. The van der Waals surface area contributed by atoms with Crippen LogP contribution in [0.25, 0.3) is 0 Å². The molecule has 0 saturated heterocycles. The second kappa shape index (κ2) is 3.03. The molecule has 1 atom stereocenters. The number of carbonyl (C=O) groups is 1. The van der Waals surface area contributed by atoms with Gasteiger partial charge in [0.25, 0.3) is 4.75 Å². The van der Waals surface area contributed by atoms with Crippen LogP contribution in [0.5, 0.6) is 0 Å². The molecule has 10 heavy (non-hydrogen) atoms. The molecule has 0 aliphatic carbocycles. The zero-order chi connectivity index (χ0) is 8.36. The molecule has 0 aliphatic heterocycles. The third kappa shape index (κ3) is 2.00. The van der Waals surface area contributed by atoms with E-state index >= 15 is 0 Å². The lowest BCUT2D eigenvalue weighted by Crippen LogP contribution is -2.48. The quantitative estimate of drug-likeness (QED) is 0.556. The smallest absolute Gasteiger partial charge is 0.467 e. The van der Waals surface area contributed by atoms with Crippen LogP contribution in [0.15, 0.2) is 0 Å². The Morgan fingerprint density at radius 2 is 2.10 bits per heavy atom. The lowest BCUT2D eigenvalue weighted by Gasteiger charge is -2.09. The van der Waals surface area contributed by atoms with Gasteiger partial charge in [-0.2, -0.15) is 0 Å². The summed E-state index contributed by atoms with van der Waals surface area (Å²) in [6.07, 6.45) is 0. The molecule has 0 amide bonds. The van der Waals surface area contributed by atoms with Crippen LogP contribution in [0.3, 0.4) is 0 Å². The number of rotatable bonds is 3. The van der Waals surface area contributed by atoms with Gasteiger partial charge in [0.1, 0.15) is 0 Å². The topological polar surface area (TPSA) is 80.4 Å². The molecule has 0 heterocycles. The van der Waals surface area contributed by atoms with Gasteiger partial charge in [0.15, 0.2) is 6.04 Å². The third-order valence-corrected chi connectivity index (χ3v) is 1.91. The summed E-state index contributed by atoms with van der Waals surface area (Å²) in [7, 11) is 0. The first-order valence-electron chi connectivity index (χ1n) is 2.71. The predicted octanol–water partition coefficient (Wildman–Crippen LogP) is -0.395. The zero-order valence-corrected chi connectivity index (χ0v) is 6.64. The van der Waals surface area contributed by atoms with E-state index in [1.54, 1.807) is 0 Å². The zero-order valence-electron chi connectivity index (χ0n) is 5.83. The fourth-order valence-electron chi connectivity index (χ4n) is 0.349. The molecule has 4 nitrogen and oxygen atoms in total. The van der Waals surface area contributed by atoms with E-state index in [2.05, 4.69) is 0 Å². The summed E-state index contributed by atoms with van der Waals surface area (Å²) in [6.45, 7) is 3.01. The van der Waals surface area contributed by atoms with Gasteiger partial charge in [-0.15, -0.1) is 0 Å². The van der Waals surface area contributed by atoms with E-state index in [9.17, 15) is 9.00 Å². The van der Waals surface area contributed by atoms with Crippen molar-refractivity contribution in [2.24, 2.45) is 5.73 Å². The maximum atomic E-state index is 10.3. The molecule has 0 saturated carbocycles. The Bertz CT molecular complexity index is 157. The number of carboxylic acid groups (broad SMARTS) is 1. The second-order valence-corrected chi connectivity index (χ2v) is 3.72. The van der Waals surface area contributed by atoms with Gasteiger partial charge in [0.2, 0.25) is 0 Å². The van der Waals surface area contributed by atoms with Gasteiger partial charge in [-0.05, 0) is 0 Å². The van der Waals surface area contributed by atoms with E-state index < -0.39 is 16.8 Å². The normalized spacial score (nSPS) is 14.3.